The minimum Gasteiger partial charge on any atom is -0.466 e. The molecule has 0 radical (unpaired) electrons. The monoisotopic (exact) mass is 370 g/mol. The van der Waals surface area contributed by atoms with Gasteiger partial charge in [0.2, 0.25) is 0 Å². The smallest absolute Gasteiger partial charge is 0.336 e. The first-order valence-electron chi connectivity index (χ1n) is 7.20. The molecule has 8 heteroatoms. The molecule has 1 N–H and O–H groups in total. The first-order valence-corrected chi connectivity index (χ1v) is 7.95. The van der Waals surface area contributed by atoms with Crippen molar-refractivity contribution in [2.45, 2.75) is 26.2 Å². The third-order valence-corrected chi connectivity index (χ3v) is 4.59. The first-order chi connectivity index (χ1) is 11.3. The van der Waals surface area contributed by atoms with Crippen LogP contribution < -0.4 is 5.32 Å². The van der Waals surface area contributed by atoms with Gasteiger partial charge in [0, 0.05) is 5.70 Å². The molecular formula is C16H16Cl2N2O4. The number of rotatable bonds is 4. The van der Waals surface area contributed by atoms with Gasteiger partial charge in [-0.05, 0) is 31.0 Å². The van der Waals surface area contributed by atoms with Crippen molar-refractivity contribution in [2.24, 2.45) is 0 Å². The summed E-state index contributed by atoms with van der Waals surface area (Å²) in [6.07, 6.45) is 0.417. The number of carbonyl (C=O) groups is 1. The molecule has 0 aromatic heterocycles. The number of esters is 1. The third-order valence-electron chi connectivity index (χ3n) is 3.85. The number of benzene rings is 1. The Labute approximate surface area is 149 Å². The second-order valence-corrected chi connectivity index (χ2v) is 6.05. The summed E-state index contributed by atoms with van der Waals surface area (Å²) < 4.78 is 4.82. The highest BCUT2D eigenvalue weighted by Crippen LogP contribution is 2.40. The number of nitrogens with zero attached hydrogens (tertiary/aromatic N) is 1. The molecule has 0 aliphatic carbocycles. The Morgan fingerprint density at radius 3 is 2.54 bits per heavy atom. The molecule has 0 amide bonds. The normalized spacial score (nSPS) is 17.6. The number of ether oxygens (including phenoxy) is 1. The predicted octanol–water partition coefficient (Wildman–Crippen LogP) is 4.03. The zero-order chi connectivity index (χ0) is 18.0. The van der Waals surface area contributed by atoms with E-state index < -0.39 is 16.8 Å². The summed E-state index contributed by atoms with van der Waals surface area (Å²) in [7, 11) is 1.24. The summed E-state index contributed by atoms with van der Waals surface area (Å²) in [5, 5.41) is 15.2. The molecule has 1 aliphatic rings. The van der Waals surface area contributed by atoms with E-state index in [0.29, 0.717) is 28.4 Å². The summed E-state index contributed by atoms with van der Waals surface area (Å²) in [6.45, 7) is 3.48. The molecule has 2 rings (SSSR count). The molecule has 1 aliphatic heterocycles. The molecule has 1 unspecified atom stereocenters. The molecule has 1 aromatic carbocycles. The molecule has 1 atom stereocenters. The highest BCUT2D eigenvalue weighted by atomic mass is 35.5. The van der Waals surface area contributed by atoms with Crippen molar-refractivity contribution in [3.8, 4) is 0 Å². The van der Waals surface area contributed by atoms with Crippen molar-refractivity contribution in [2.75, 3.05) is 7.11 Å². The second kappa shape index (κ2) is 7.23. The van der Waals surface area contributed by atoms with E-state index in [1.807, 2.05) is 0 Å². The Morgan fingerprint density at radius 2 is 2.04 bits per heavy atom. The van der Waals surface area contributed by atoms with E-state index in [9.17, 15) is 14.9 Å². The highest BCUT2D eigenvalue weighted by Gasteiger charge is 2.41. The molecule has 0 fully saturated rings. The molecule has 1 heterocycles. The fourth-order valence-corrected chi connectivity index (χ4v) is 3.07. The van der Waals surface area contributed by atoms with Crippen molar-refractivity contribution in [1.82, 2.24) is 5.32 Å². The maximum Gasteiger partial charge on any atom is 0.336 e. The average Bonchev–Trinajstić information content (AvgIpc) is 2.55. The predicted molar refractivity (Wildman–Crippen MR) is 91.4 cm³/mol. The van der Waals surface area contributed by atoms with E-state index in [1.54, 1.807) is 26.0 Å². The Bertz CT molecular complexity index is 771. The van der Waals surface area contributed by atoms with Crippen LogP contribution in [0.15, 0.2) is 40.9 Å². The molecule has 6 nitrogen and oxygen atoms in total. The van der Waals surface area contributed by atoms with Gasteiger partial charge in [0.05, 0.1) is 33.3 Å². The molecule has 0 saturated heterocycles. The second-order valence-electron chi connectivity index (χ2n) is 5.24. The molecule has 0 saturated carbocycles. The molecule has 1 aromatic rings. The number of methoxy groups -OCH3 is 1. The van der Waals surface area contributed by atoms with E-state index in [-0.39, 0.29) is 16.3 Å². The van der Waals surface area contributed by atoms with Crippen LogP contribution in [0.4, 0.5) is 0 Å². The van der Waals surface area contributed by atoms with E-state index >= 15 is 0 Å². The number of hydrogen-bond acceptors (Lipinski definition) is 5. The van der Waals surface area contributed by atoms with Crippen LogP contribution >= 0.6 is 23.2 Å². The van der Waals surface area contributed by atoms with Crippen molar-refractivity contribution in [3.05, 3.63) is 66.6 Å². The SMILES string of the molecule is CCC1=C([N+](=O)[O-])C(c2ccc(Cl)c(Cl)c2)C(C(=O)OC)=C(C)N1. The first kappa shape index (κ1) is 18.3. The zero-order valence-corrected chi connectivity index (χ0v) is 14.9. The topological polar surface area (TPSA) is 81.5 Å². The summed E-state index contributed by atoms with van der Waals surface area (Å²) >= 11 is 12.0. The van der Waals surface area contributed by atoms with Crippen molar-refractivity contribution < 1.29 is 14.5 Å². The van der Waals surface area contributed by atoms with Crippen LogP contribution in [0.1, 0.15) is 31.7 Å². The number of nitrogens with one attached hydrogen (secondary N) is 1. The van der Waals surface area contributed by atoms with Crippen LogP contribution in [0.3, 0.4) is 0 Å². The van der Waals surface area contributed by atoms with Crippen molar-refractivity contribution in [3.63, 3.8) is 0 Å². The fraction of sp³-hybridized carbons (Fsp3) is 0.312. The minimum atomic E-state index is -0.890. The van der Waals surface area contributed by atoms with Gasteiger partial charge in [-0.2, -0.15) is 0 Å². The lowest BCUT2D eigenvalue weighted by Gasteiger charge is -2.27. The van der Waals surface area contributed by atoms with Gasteiger partial charge in [0.1, 0.15) is 5.92 Å². The molecule has 0 spiro atoms. The number of nitro groups is 1. The van der Waals surface area contributed by atoms with Gasteiger partial charge in [-0.3, -0.25) is 10.1 Å². The Balaban J connectivity index is 2.74. The van der Waals surface area contributed by atoms with E-state index in [0.717, 1.165) is 0 Å². The summed E-state index contributed by atoms with van der Waals surface area (Å²) in [5.74, 6) is -1.52. The summed E-state index contributed by atoms with van der Waals surface area (Å²) in [4.78, 5) is 23.5. The Hall–Kier alpha value is -2.05. The Morgan fingerprint density at radius 1 is 1.38 bits per heavy atom. The van der Waals surface area contributed by atoms with Crippen LogP contribution in [0.2, 0.25) is 10.0 Å². The molecular weight excluding hydrogens is 355 g/mol. The molecule has 128 valence electrons. The van der Waals surface area contributed by atoms with Gasteiger partial charge in [0.15, 0.2) is 0 Å². The number of halogens is 2. The van der Waals surface area contributed by atoms with E-state index in [1.165, 1.54) is 13.2 Å². The van der Waals surface area contributed by atoms with E-state index in [2.05, 4.69) is 5.32 Å². The number of dihydropyridines is 1. The number of hydrogen-bond donors (Lipinski definition) is 1. The third kappa shape index (κ3) is 3.25. The zero-order valence-electron chi connectivity index (χ0n) is 13.4. The molecule has 24 heavy (non-hydrogen) atoms. The van der Waals surface area contributed by atoms with E-state index in [4.69, 9.17) is 27.9 Å². The van der Waals surface area contributed by atoms with Crippen molar-refractivity contribution >= 4 is 29.2 Å². The van der Waals surface area contributed by atoms with Crippen LogP contribution in [-0.4, -0.2) is 18.0 Å². The van der Waals surface area contributed by atoms with Crippen LogP contribution in [-0.2, 0) is 9.53 Å². The largest absolute Gasteiger partial charge is 0.466 e. The number of allylic oxidation sites excluding steroid dienone is 3. The Kier molecular flexibility index (Phi) is 5.51. The van der Waals surface area contributed by atoms with Gasteiger partial charge in [0.25, 0.3) is 5.70 Å². The lowest BCUT2D eigenvalue weighted by atomic mass is 9.83. The quantitative estimate of drug-likeness (QED) is 0.491. The van der Waals surface area contributed by atoms with Crippen LogP contribution in [0, 0.1) is 10.1 Å². The fourth-order valence-electron chi connectivity index (χ4n) is 2.77. The lowest BCUT2D eigenvalue weighted by molar-refractivity contribution is -0.431. The van der Waals surface area contributed by atoms with Crippen LogP contribution in [0.5, 0.6) is 0 Å². The van der Waals surface area contributed by atoms with Gasteiger partial charge in [-0.15, -0.1) is 0 Å². The van der Waals surface area contributed by atoms with Gasteiger partial charge in [-0.25, -0.2) is 4.79 Å². The van der Waals surface area contributed by atoms with Gasteiger partial charge >= 0.3 is 5.97 Å². The lowest BCUT2D eigenvalue weighted by Crippen LogP contribution is -2.32. The molecule has 0 bridgehead atoms. The summed E-state index contributed by atoms with van der Waals surface area (Å²) in [6, 6.07) is 4.71. The van der Waals surface area contributed by atoms with Crippen LogP contribution in [0.25, 0.3) is 0 Å². The highest BCUT2D eigenvalue weighted by molar-refractivity contribution is 6.42. The van der Waals surface area contributed by atoms with Crippen molar-refractivity contribution in [1.29, 1.82) is 0 Å². The average molecular weight is 371 g/mol. The standard InChI is InChI=1S/C16H16Cl2N2O4/c1-4-12-15(20(22)23)14(9-5-6-10(17)11(18)7-9)13(8(2)19-12)16(21)24-3/h5-7,14,19H,4H2,1-3H3. The summed E-state index contributed by atoms with van der Waals surface area (Å²) in [5.41, 5.74) is 1.55. The maximum absolute atomic E-state index is 12.3. The van der Waals surface area contributed by atoms with Gasteiger partial charge in [-0.1, -0.05) is 36.2 Å². The maximum atomic E-state index is 12.3. The number of carbonyl (C=O) groups excluding carboxylic acids is 1. The minimum absolute atomic E-state index is 0.0955. The van der Waals surface area contributed by atoms with Gasteiger partial charge < -0.3 is 10.1 Å².